The van der Waals surface area contributed by atoms with Gasteiger partial charge in [-0.15, -0.1) is 11.3 Å². The molecule has 1 saturated carbocycles. The van der Waals surface area contributed by atoms with Crippen molar-refractivity contribution in [1.29, 1.82) is 0 Å². The molecule has 0 bridgehead atoms. The maximum Gasteiger partial charge on any atom is 0.407 e. The highest BCUT2D eigenvalue weighted by Gasteiger charge is 2.31. The van der Waals surface area contributed by atoms with E-state index in [0.717, 1.165) is 53.3 Å². The summed E-state index contributed by atoms with van der Waals surface area (Å²) in [7, 11) is 8.53. The number of benzene rings is 1. The summed E-state index contributed by atoms with van der Waals surface area (Å²) in [5, 5.41) is 18.0. The molecule has 3 aromatic rings. The van der Waals surface area contributed by atoms with Crippen LogP contribution in [0.2, 0.25) is 0 Å². The number of rotatable bonds is 8. The van der Waals surface area contributed by atoms with Crippen molar-refractivity contribution >= 4 is 64.4 Å². The molecule has 194 valence electrons. The van der Waals surface area contributed by atoms with Crippen LogP contribution in [0.3, 0.4) is 0 Å². The van der Waals surface area contributed by atoms with Gasteiger partial charge in [-0.25, -0.2) is 9.78 Å². The minimum atomic E-state index is -0.321. The predicted molar refractivity (Wildman–Crippen MR) is 161 cm³/mol. The summed E-state index contributed by atoms with van der Waals surface area (Å²) in [6, 6.07) is 8.38. The SMILES string of the molecule is BC(B)(B)c1nc(C2CCC(NC(=O)OC(C)C)CC2)sc1-c1ccc(Nc2ccn(C)n2)cc1SN. The van der Waals surface area contributed by atoms with Crippen LogP contribution in [0.4, 0.5) is 16.3 Å². The molecule has 1 fully saturated rings. The van der Waals surface area contributed by atoms with Gasteiger partial charge in [-0.3, -0.25) is 9.82 Å². The van der Waals surface area contributed by atoms with Gasteiger partial charge in [0.05, 0.1) is 39.5 Å². The Bertz CT molecular complexity index is 1240. The van der Waals surface area contributed by atoms with Crippen LogP contribution in [0.25, 0.3) is 10.4 Å². The van der Waals surface area contributed by atoms with Crippen LogP contribution >= 0.6 is 23.3 Å². The standard InChI is InChI=1S/C24H35B3N6O2S2/c1-13(2)35-23(34)30-15-6-4-14(5-7-15)22-31-21(24(25,26)27)20(36-22)17-9-8-16(12-18(17)37-28)29-19-10-11-33(3)32-19/h8-15H,4-7,25-28H2,1-3H3,(H,29,32)(H,30,34). The van der Waals surface area contributed by atoms with E-state index < -0.39 is 0 Å². The Morgan fingerprint density at radius 3 is 2.57 bits per heavy atom. The highest BCUT2D eigenvalue weighted by atomic mass is 32.2. The van der Waals surface area contributed by atoms with E-state index in [0.29, 0.717) is 5.92 Å². The summed E-state index contributed by atoms with van der Waals surface area (Å²) in [6.07, 6.45) is 5.31. The third-order valence-corrected chi connectivity index (χ3v) is 8.28. The Kier molecular flexibility index (Phi) is 8.65. The highest BCUT2D eigenvalue weighted by Crippen LogP contribution is 2.44. The first-order valence-corrected chi connectivity index (χ1v) is 14.5. The molecule has 2 heterocycles. The number of amides is 1. The lowest BCUT2D eigenvalue weighted by Crippen LogP contribution is -2.38. The van der Waals surface area contributed by atoms with Crippen molar-refractivity contribution in [2.45, 2.75) is 67.6 Å². The van der Waals surface area contributed by atoms with Crippen LogP contribution in [0.1, 0.15) is 56.2 Å². The second-order valence-corrected chi connectivity index (χ2v) is 12.7. The molecule has 0 aliphatic heterocycles. The highest BCUT2D eigenvalue weighted by molar-refractivity contribution is 7.97. The van der Waals surface area contributed by atoms with E-state index in [1.165, 1.54) is 21.8 Å². The van der Waals surface area contributed by atoms with Crippen molar-refractivity contribution in [2.24, 2.45) is 12.2 Å². The number of aromatic nitrogens is 3. The van der Waals surface area contributed by atoms with Crippen molar-refractivity contribution in [2.75, 3.05) is 5.32 Å². The summed E-state index contributed by atoms with van der Waals surface area (Å²) >= 11 is 3.04. The van der Waals surface area contributed by atoms with E-state index in [1.54, 1.807) is 16.0 Å². The average Bonchev–Trinajstić information content (AvgIpc) is 3.45. The first-order chi connectivity index (χ1) is 17.5. The van der Waals surface area contributed by atoms with E-state index >= 15 is 0 Å². The van der Waals surface area contributed by atoms with Gasteiger partial charge < -0.3 is 15.4 Å². The number of hydrogen-bond acceptors (Lipinski definition) is 8. The normalized spacial score (nSPS) is 18.1. The number of nitrogens with zero attached hydrogens (tertiary/aromatic N) is 3. The lowest BCUT2D eigenvalue weighted by atomic mass is 9.41. The van der Waals surface area contributed by atoms with E-state index in [1.807, 2.05) is 33.2 Å². The fourth-order valence-electron chi connectivity index (χ4n) is 4.62. The van der Waals surface area contributed by atoms with Crippen LogP contribution in [0.5, 0.6) is 0 Å². The van der Waals surface area contributed by atoms with Gasteiger partial charge in [0.15, 0.2) is 5.82 Å². The number of ether oxygens (including phenoxy) is 1. The van der Waals surface area contributed by atoms with Crippen LogP contribution in [0, 0.1) is 0 Å². The average molecular weight is 536 g/mol. The number of alkyl carbamates (subject to hydrolysis) is 1. The summed E-state index contributed by atoms with van der Waals surface area (Å²) in [5.74, 6) is 1.18. The number of hydrogen-bond donors (Lipinski definition) is 3. The molecule has 0 saturated heterocycles. The van der Waals surface area contributed by atoms with Crippen molar-refractivity contribution in [3.63, 3.8) is 0 Å². The number of thiazole rings is 1. The van der Waals surface area contributed by atoms with E-state index in [9.17, 15) is 4.79 Å². The smallest absolute Gasteiger partial charge is 0.407 e. The van der Waals surface area contributed by atoms with Crippen LogP contribution < -0.4 is 15.8 Å². The van der Waals surface area contributed by atoms with Crippen molar-refractivity contribution in [3.05, 3.63) is 41.2 Å². The minimum absolute atomic E-state index is 0.106. The van der Waals surface area contributed by atoms with E-state index in [4.69, 9.17) is 14.9 Å². The molecule has 37 heavy (non-hydrogen) atoms. The van der Waals surface area contributed by atoms with E-state index in [-0.39, 0.29) is 23.4 Å². The molecule has 1 aliphatic rings. The fourth-order valence-corrected chi connectivity index (χ4v) is 6.66. The third kappa shape index (κ3) is 6.94. The molecule has 1 aromatic carbocycles. The maximum absolute atomic E-state index is 12.0. The van der Waals surface area contributed by atoms with Gasteiger partial charge in [-0.05, 0) is 63.6 Å². The first-order valence-electron chi connectivity index (χ1n) is 12.8. The summed E-state index contributed by atoms with van der Waals surface area (Å²) in [4.78, 5) is 19.4. The molecule has 0 atom stereocenters. The largest absolute Gasteiger partial charge is 0.447 e. The molecule has 13 heteroatoms. The summed E-state index contributed by atoms with van der Waals surface area (Å²) in [6.45, 7) is 3.73. The lowest BCUT2D eigenvalue weighted by Gasteiger charge is -2.28. The molecule has 4 rings (SSSR count). The number of carbonyl (C=O) groups is 1. The lowest BCUT2D eigenvalue weighted by molar-refractivity contribution is 0.109. The molecule has 2 aromatic heterocycles. The molecule has 4 N–H and O–H groups in total. The number of nitrogens with one attached hydrogen (secondary N) is 2. The van der Waals surface area contributed by atoms with Crippen LogP contribution in [-0.2, 0) is 16.9 Å². The third-order valence-electron chi connectivity index (χ3n) is 6.43. The number of nitrogens with two attached hydrogens (primary N) is 1. The monoisotopic (exact) mass is 536 g/mol. The zero-order valence-electron chi connectivity index (χ0n) is 22.5. The first kappa shape index (κ1) is 27.7. The van der Waals surface area contributed by atoms with Crippen molar-refractivity contribution in [3.8, 4) is 10.4 Å². The number of carbonyl (C=O) groups excluding carboxylic acids is 1. The summed E-state index contributed by atoms with van der Waals surface area (Å²) in [5.41, 5.74) is 3.16. The quantitative estimate of drug-likeness (QED) is 0.300. The molecule has 1 amide bonds. The molecule has 0 unspecified atom stereocenters. The predicted octanol–water partition coefficient (Wildman–Crippen LogP) is 2.42. The van der Waals surface area contributed by atoms with Crippen molar-refractivity contribution < 1.29 is 9.53 Å². The second kappa shape index (κ2) is 11.6. The maximum atomic E-state index is 12.0. The van der Waals surface area contributed by atoms with Crippen LogP contribution in [-0.4, -0.2) is 56.5 Å². The van der Waals surface area contributed by atoms with Crippen LogP contribution in [0.15, 0.2) is 35.4 Å². The van der Waals surface area contributed by atoms with Gasteiger partial charge in [0.25, 0.3) is 0 Å². The fraction of sp³-hybridized carbons (Fsp3) is 0.458. The van der Waals surface area contributed by atoms with Gasteiger partial charge in [0, 0.05) is 53.1 Å². The molecular weight excluding hydrogens is 501 g/mol. The zero-order valence-corrected chi connectivity index (χ0v) is 24.1. The van der Waals surface area contributed by atoms with Gasteiger partial charge in [0.2, 0.25) is 0 Å². The molecule has 0 spiro atoms. The number of aryl methyl sites for hydroxylation is 1. The zero-order chi connectivity index (χ0) is 26.7. The Balaban J connectivity index is 1.55. The molecule has 0 radical (unpaired) electrons. The number of anilines is 2. The Labute approximate surface area is 230 Å². The summed E-state index contributed by atoms with van der Waals surface area (Å²) < 4.78 is 7.02. The second-order valence-electron chi connectivity index (χ2n) is 11.0. The topological polar surface area (TPSA) is 107 Å². The minimum Gasteiger partial charge on any atom is -0.447 e. The van der Waals surface area contributed by atoms with Gasteiger partial charge in [0.1, 0.15) is 0 Å². The Morgan fingerprint density at radius 1 is 1.24 bits per heavy atom. The Hall–Kier alpha value is -2.37. The van der Waals surface area contributed by atoms with Gasteiger partial charge >= 0.3 is 6.09 Å². The van der Waals surface area contributed by atoms with E-state index in [2.05, 4.69) is 57.5 Å². The molecule has 1 aliphatic carbocycles. The van der Waals surface area contributed by atoms with Crippen molar-refractivity contribution in [1.82, 2.24) is 20.1 Å². The Morgan fingerprint density at radius 2 is 1.97 bits per heavy atom. The van der Waals surface area contributed by atoms with Gasteiger partial charge in [-0.1, -0.05) is 11.2 Å². The van der Waals surface area contributed by atoms with Gasteiger partial charge in [-0.2, -0.15) is 5.10 Å². The molecule has 8 nitrogen and oxygen atoms in total. The molecular formula is C24H35B3N6O2S2.